The Balaban J connectivity index is 1.57. The van der Waals surface area contributed by atoms with E-state index in [9.17, 15) is 0 Å². The van der Waals surface area contributed by atoms with Gasteiger partial charge in [0.05, 0.1) is 0 Å². The maximum absolute atomic E-state index is 9.14. The van der Waals surface area contributed by atoms with E-state index in [0.29, 0.717) is 6.73 Å². The van der Waals surface area contributed by atoms with Gasteiger partial charge in [0.15, 0.2) is 0 Å². The van der Waals surface area contributed by atoms with Crippen LogP contribution in [0.3, 0.4) is 0 Å². The van der Waals surface area contributed by atoms with Gasteiger partial charge in [-0.05, 0) is 124 Å². The number of rotatable bonds is 13. The Hall–Kier alpha value is -2.04. The fraction of sp³-hybridized carbons (Fsp3) is 0.647. The molecule has 212 valence electrons. The second kappa shape index (κ2) is 14.4. The molecule has 0 saturated carbocycles. The zero-order valence-electron chi connectivity index (χ0n) is 25.3. The van der Waals surface area contributed by atoms with Crippen LogP contribution in [0, 0.1) is 13.8 Å². The van der Waals surface area contributed by atoms with Crippen LogP contribution in [0.15, 0.2) is 34.9 Å². The highest BCUT2D eigenvalue weighted by Gasteiger charge is 2.36. The maximum Gasteiger partial charge on any atom is 0.142 e. The lowest BCUT2D eigenvalue weighted by molar-refractivity contribution is 0.0521. The molecule has 4 heteroatoms. The number of hydrogen-bond donors (Lipinski definition) is 1. The van der Waals surface area contributed by atoms with Gasteiger partial charge in [-0.1, -0.05) is 34.9 Å². The Labute approximate surface area is 232 Å². The van der Waals surface area contributed by atoms with Gasteiger partial charge in [0.1, 0.15) is 23.8 Å². The summed E-state index contributed by atoms with van der Waals surface area (Å²) in [6, 6.07) is 0. The van der Waals surface area contributed by atoms with E-state index >= 15 is 0 Å². The van der Waals surface area contributed by atoms with Gasteiger partial charge in [-0.15, -0.1) is 0 Å². The van der Waals surface area contributed by atoms with E-state index in [1.165, 1.54) is 45.4 Å². The fourth-order valence-electron chi connectivity index (χ4n) is 5.67. The van der Waals surface area contributed by atoms with E-state index in [0.717, 1.165) is 82.4 Å². The highest BCUT2D eigenvalue weighted by Crippen LogP contribution is 2.46. The summed E-state index contributed by atoms with van der Waals surface area (Å²) >= 11 is 0. The van der Waals surface area contributed by atoms with Crippen LogP contribution in [-0.4, -0.2) is 35.5 Å². The molecule has 0 amide bonds. The molecule has 0 saturated heterocycles. The number of hydrogen-bond acceptors (Lipinski definition) is 4. The number of unbranched alkanes of at least 4 members (excludes halogenated alkanes) is 1. The van der Waals surface area contributed by atoms with Crippen LogP contribution in [0.2, 0.25) is 0 Å². The van der Waals surface area contributed by atoms with E-state index in [-0.39, 0.29) is 12.2 Å². The molecule has 0 bridgehead atoms. The van der Waals surface area contributed by atoms with Crippen LogP contribution in [0.4, 0.5) is 0 Å². The van der Waals surface area contributed by atoms with Crippen molar-refractivity contribution >= 4 is 0 Å². The first-order chi connectivity index (χ1) is 18.1. The topological polar surface area (TPSA) is 41.9 Å². The predicted octanol–water partition coefficient (Wildman–Crippen LogP) is 8.51. The lowest BCUT2D eigenvalue weighted by atomic mass is 9.84. The quantitative estimate of drug-likeness (QED) is 0.208. The summed E-state index contributed by atoms with van der Waals surface area (Å²) in [5.74, 6) is 2.18. The molecular weight excluding hydrogens is 470 g/mol. The number of allylic oxidation sites excluding steroid dienone is 6. The van der Waals surface area contributed by atoms with Crippen LogP contribution in [-0.2, 0) is 13.0 Å². The second-order valence-corrected chi connectivity index (χ2v) is 12.2. The Morgan fingerprint density at radius 2 is 1.55 bits per heavy atom. The van der Waals surface area contributed by atoms with Crippen LogP contribution in [0.5, 0.6) is 11.5 Å². The highest BCUT2D eigenvalue weighted by molar-refractivity contribution is 5.60. The van der Waals surface area contributed by atoms with Crippen molar-refractivity contribution in [1.82, 2.24) is 4.90 Å². The molecule has 1 N–H and O–H groups in total. The van der Waals surface area contributed by atoms with E-state index in [4.69, 9.17) is 14.6 Å². The van der Waals surface area contributed by atoms with Gasteiger partial charge < -0.3 is 14.6 Å². The van der Waals surface area contributed by atoms with Gasteiger partial charge in [0, 0.05) is 30.8 Å². The van der Waals surface area contributed by atoms with Crippen molar-refractivity contribution in [3.8, 4) is 11.5 Å². The Kier molecular flexibility index (Phi) is 11.5. The molecule has 3 rings (SSSR count). The van der Waals surface area contributed by atoms with E-state index in [1.54, 1.807) is 0 Å². The number of fused-ring (bicyclic) bond motifs is 3. The molecular formula is C34H53NO3. The Morgan fingerprint density at radius 1 is 0.895 bits per heavy atom. The number of ether oxygens (including phenoxy) is 2. The Morgan fingerprint density at radius 3 is 2.24 bits per heavy atom. The molecule has 4 nitrogen and oxygen atoms in total. The summed E-state index contributed by atoms with van der Waals surface area (Å²) in [6.07, 6.45) is 17.8. The molecule has 2 aliphatic heterocycles. The molecule has 1 atom stereocenters. The van der Waals surface area contributed by atoms with Gasteiger partial charge in [-0.25, -0.2) is 0 Å². The highest BCUT2D eigenvalue weighted by atomic mass is 16.5. The van der Waals surface area contributed by atoms with Crippen molar-refractivity contribution in [1.29, 1.82) is 0 Å². The molecule has 0 radical (unpaired) electrons. The summed E-state index contributed by atoms with van der Waals surface area (Å²) in [4.78, 5) is 2.36. The lowest BCUT2D eigenvalue weighted by Gasteiger charge is -2.40. The molecule has 0 fully saturated rings. The van der Waals surface area contributed by atoms with E-state index < -0.39 is 0 Å². The molecule has 0 unspecified atom stereocenters. The standard InChI is InChI=1S/C34H53NO3/c1-25(2)13-10-14-26(3)15-11-16-27(4)17-12-19-34(7)20-18-30-31-23-35(21-8-9-22-36)24-37-32(31)28(5)29(6)33(30)38-34/h13,15,17,36H,8-12,14,16,18-24H2,1-7H3/t34-/m1/s1. The maximum atomic E-state index is 9.14. The SMILES string of the molecule is CC(C)=CCCC(C)=CCCC(C)=CCC[C@]1(C)CCc2c3c(c(C)c(C)c2O1)OCN(CCCCO)C3. The lowest BCUT2D eigenvalue weighted by Crippen LogP contribution is -2.39. The number of benzene rings is 1. The molecule has 1 aromatic carbocycles. The third-order valence-electron chi connectivity index (χ3n) is 8.35. The molecule has 0 spiro atoms. The van der Waals surface area contributed by atoms with Gasteiger partial charge in [-0.2, -0.15) is 0 Å². The van der Waals surface area contributed by atoms with Gasteiger partial charge >= 0.3 is 0 Å². The third kappa shape index (κ3) is 8.48. The van der Waals surface area contributed by atoms with Crippen LogP contribution in [0.1, 0.15) is 115 Å². The van der Waals surface area contributed by atoms with Crippen LogP contribution < -0.4 is 9.47 Å². The fourth-order valence-corrected chi connectivity index (χ4v) is 5.67. The summed E-state index contributed by atoms with van der Waals surface area (Å²) in [7, 11) is 0. The monoisotopic (exact) mass is 523 g/mol. The van der Waals surface area contributed by atoms with Gasteiger partial charge in [0.25, 0.3) is 0 Å². The minimum atomic E-state index is -0.132. The van der Waals surface area contributed by atoms with Crippen LogP contribution >= 0.6 is 0 Å². The smallest absolute Gasteiger partial charge is 0.142 e. The molecule has 2 aliphatic rings. The van der Waals surface area contributed by atoms with Crippen molar-refractivity contribution in [2.24, 2.45) is 0 Å². The molecule has 38 heavy (non-hydrogen) atoms. The first-order valence-electron chi connectivity index (χ1n) is 14.9. The van der Waals surface area contributed by atoms with Crippen molar-refractivity contribution < 1.29 is 14.6 Å². The molecule has 2 heterocycles. The van der Waals surface area contributed by atoms with Crippen molar-refractivity contribution in [2.45, 2.75) is 125 Å². The predicted molar refractivity (Wildman–Crippen MR) is 160 cm³/mol. The Bertz CT molecular complexity index is 1030. The minimum absolute atomic E-state index is 0.132. The van der Waals surface area contributed by atoms with Crippen molar-refractivity contribution in [2.75, 3.05) is 19.9 Å². The molecule has 0 aromatic heterocycles. The normalized spacial score (nSPS) is 19.9. The number of nitrogens with zero attached hydrogens (tertiary/aromatic N) is 1. The number of aliphatic hydroxyl groups excluding tert-OH is 1. The van der Waals surface area contributed by atoms with E-state index in [2.05, 4.69) is 71.6 Å². The first-order valence-corrected chi connectivity index (χ1v) is 14.9. The summed E-state index contributed by atoms with van der Waals surface area (Å²) in [5.41, 5.74) is 9.39. The van der Waals surface area contributed by atoms with E-state index in [1.807, 2.05) is 0 Å². The van der Waals surface area contributed by atoms with Crippen LogP contribution in [0.25, 0.3) is 0 Å². The van der Waals surface area contributed by atoms with Gasteiger partial charge in [0.2, 0.25) is 0 Å². The summed E-state index contributed by atoms with van der Waals surface area (Å²) in [6.45, 7) is 18.3. The van der Waals surface area contributed by atoms with Crippen molar-refractivity contribution in [3.05, 3.63) is 57.2 Å². The summed E-state index contributed by atoms with van der Waals surface area (Å²) in [5, 5.41) is 9.14. The first kappa shape index (κ1) is 30.5. The molecule has 0 aliphatic carbocycles. The third-order valence-corrected chi connectivity index (χ3v) is 8.35. The minimum Gasteiger partial charge on any atom is -0.487 e. The van der Waals surface area contributed by atoms with Crippen molar-refractivity contribution in [3.63, 3.8) is 0 Å². The second-order valence-electron chi connectivity index (χ2n) is 12.2. The largest absolute Gasteiger partial charge is 0.487 e. The average Bonchev–Trinajstić information content (AvgIpc) is 2.87. The van der Waals surface area contributed by atoms with Gasteiger partial charge in [-0.3, -0.25) is 4.90 Å². The summed E-state index contributed by atoms with van der Waals surface area (Å²) < 4.78 is 13.1. The molecule has 1 aromatic rings. The number of aliphatic hydroxyl groups is 1. The zero-order chi connectivity index (χ0) is 27.7. The average molecular weight is 524 g/mol. The zero-order valence-corrected chi connectivity index (χ0v) is 25.3.